The van der Waals surface area contributed by atoms with Gasteiger partial charge in [-0.2, -0.15) is 0 Å². The van der Waals surface area contributed by atoms with E-state index in [2.05, 4.69) is 0 Å². The van der Waals surface area contributed by atoms with E-state index in [1.54, 1.807) is 0 Å². The van der Waals surface area contributed by atoms with Crippen LogP contribution in [0.4, 0.5) is 0 Å². The van der Waals surface area contributed by atoms with Crippen LogP contribution in [0.25, 0.3) is 0 Å². The molecule has 0 aromatic heterocycles. The molecule has 16 heavy (non-hydrogen) atoms. The summed E-state index contributed by atoms with van der Waals surface area (Å²) in [6.45, 7) is 0. The minimum Gasteiger partial charge on any atom is -0.381 e. The Morgan fingerprint density at radius 2 is 2.00 bits per heavy atom. The second kappa shape index (κ2) is 3.99. The lowest BCUT2D eigenvalue weighted by Crippen LogP contribution is -2.41. The Balaban J connectivity index is 1.79. The smallest absolute Gasteiger partial charge is 0.0713 e. The van der Waals surface area contributed by atoms with Gasteiger partial charge in [-0.3, -0.25) is 0 Å². The summed E-state index contributed by atoms with van der Waals surface area (Å²) in [5, 5.41) is 0. The zero-order chi connectivity index (χ0) is 11.2. The molecule has 0 aromatic carbocycles. The molecule has 2 nitrogen and oxygen atoms in total. The summed E-state index contributed by atoms with van der Waals surface area (Å²) in [5.41, 5.74) is 0.233. The van der Waals surface area contributed by atoms with E-state index in [0.717, 1.165) is 17.8 Å². The van der Waals surface area contributed by atoms with Crippen LogP contribution in [-0.2, 0) is 9.47 Å². The molecule has 0 saturated heterocycles. The van der Waals surface area contributed by atoms with Crippen LogP contribution in [0.15, 0.2) is 0 Å². The maximum absolute atomic E-state index is 5.95. The van der Waals surface area contributed by atoms with Crippen molar-refractivity contribution in [3.05, 3.63) is 0 Å². The molecule has 3 aliphatic carbocycles. The van der Waals surface area contributed by atoms with E-state index < -0.39 is 0 Å². The number of rotatable bonds is 3. The monoisotopic (exact) mass is 224 g/mol. The summed E-state index contributed by atoms with van der Waals surface area (Å²) >= 11 is 0. The average molecular weight is 224 g/mol. The zero-order valence-corrected chi connectivity index (χ0v) is 10.6. The Bertz CT molecular complexity index is 265. The quantitative estimate of drug-likeness (QED) is 0.733. The molecule has 5 unspecified atom stereocenters. The van der Waals surface area contributed by atoms with E-state index in [-0.39, 0.29) is 5.60 Å². The van der Waals surface area contributed by atoms with E-state index in [1.165, 1.54) is 44.9 Å². The van der Waals surface area contributed by atoms with Gasteiger partial charge in [-0.05, 0) is 56.3 Å². The average Bonchev–Trinajstić information content (AvgIpc) is 3.01. The van der Waals surface area contributed by atoms with Gasteiger partial charge in [0.05, 0.1) is 11.7 Å². The molecule has 0 amide bonds. The van der Waals surface area contributed by atoms with Gasteiger partial charge in [0.2, 0.25) is 0 Å². The summed E-state index contributed by atoms with van der Waals surface area (Å²) in [7, 11) is 3.81. The molecule has 0 radical (unpaired) electrons. The molecule has 0 spiro atoms. The predicted molar refractivity (Wildman–Crippen MR) is 63.3 cm³/mol. The third-order valence-electron chi connectivity index (χ3n) is 5.60. The van der Waals surface area contributed by atoms with Crippen LogP contribution in [-0.4, -0.2) is 25.9 Å². The molecule has 92 valence electrons. The number of methoxy groups -OCH3 is 2. The third kappa shape index (κ3) is 1.46. The largest absolute Gasteiger partial charge is 0.381 e. The van der Waals surface area contributed by atoms with Crippen molar-refractivity contribution in [1.29, 1.82) is 0 Å². The summed E-state index contributed by atoms with van der Waals surface area (Å²) in [6, 6.07) is 0. The van der Waals surface area contributed by atoms with Crippen LogP contribution in [0.2, 0.25) is 0 Å². The molecular weight excluding hydrogens is 200 g/mol. The van der Waals surface area contributed by atoms with Crippen LogP contribution >= 0.6 is 0 Å². The maximum atomic E-state index is 5.95. The van der Waals surface area contributed by atoms with E-state index in [4.69, 9.17) is 9.47 Å². The summed E-state index contributed by atoms with van der Waals surface area (Å²) in [6.07, 6.45) is 9.91. The van der Waals surface area contributed by atoms with Crippen molar-refractivity contribution >= 4 is 0 Å². The first-order valence-electron chi connectivity index (χ1n) is 6.87. The second-order valence-corrected chi connectivity index (χ2v) is 6.09. The van der Waals surface area contributed by atoms with Crippen LogP contribution in [0.3, 0.4) is 0 Å². The highest BCUT2D eigenvalue weighted by Crippen LogP contribution is 2.58. The van der Waals surface area contributed by atoms with Gasteiger partial charge in [0.25, 0.3) is 0 Å². The molecule has 3 aliphatic rings. The Morgan fingerprint density at radius 3 is 2.69 bits per heavy atom. The molecule has 0 aromatic rings. The lowest BCUT2D eigenvalue weighted by atomic mass is 9.75. The van der Waals surface area contributed by atoms with E-state index >= 15 is 0 Å². The van der Waals surface area contributed by atoms with Crippen molar-refractivity contribution < 1.29 is 9.47 Å². The fraction of sp³-hybridized carbons (Fsp3) is 1.00. The topological polar surface area (TPSA) is 18.5 Å². The summed E-state index contributed by atoms with van der Waals surface area (Å²) in [4.78, 5) is 0. The van der Waals surface area contributed by atoms with Gasteiger partial charge < -0.3 is 9.47 Å². The predicted octanol–water partition coefficient (Wildman–Crippen LogP) is 3.01. The maximum Gasteiger partial charge on any atom is 0.0713 e. The molecule has 0 N–H and O–H groups in total. The third-order valence-corrected chi connectivity index (χ3v) is 5.60. The van der Waals surface area contributed by atoms with Crippen molar-refractivity contribution in [3.8, 4) is 0 Å². The van der Waals surface area contributed by atoms with Gasteiger partial charge in [-0.25, -0.2) is 0 Å². The summed E-state index contributed by atoms with van der Waals surface area (Å²) in [5.74, 6) is 2.50. The molecule has 5 atom stereocenters. The molecule has 2 bridgehead atoms. The SMILES string of the molecule is COC1CCCC1C1CC2CCC1(OC)C2. The fourth-order valence-corrected chi connectivity index (χ4v) is 4.86. The molecule has 0 aliphatic heterocycles. The van der Waals surface area contributed by atoms with E-state index in [9.17, 15) is 0 Å². The number of hydrogen-bond donors (Lipinski definition) is 0. The Labute approximate surface area is 98.7 Å². The Morgan fingerprint density at radius 1 is 1.12 bits per heavy atom. The van der Waals surface area contributed by atoms with Gasteiger partial charge in [-0.15, -0.1) is 0 Å². The molecule has 3 rings (SSSR count). The molecule has 3 fully saturated rings. The lowest BCUT2D eigenvalue weighted by Gasteiger charge is -2.39. The summed E-state index contributed by atoms with van der Waals surface area (Å²) < 4.78 is 11.6. The Hall–Kier alpha value is -0.0800. The van der Waals surface area contributed by atoms with E-state index in [1.807, 2.05) is 14.2 Å². The highest BCUT2D eigenvalue weighted by atomic mass is 16.5. The van der Waals surface area contributed by atoms with Crippen molar-refractivity contribution in [2.45, 2.75) is 56.7 Å². The standard InChI is InChI=1S/C14H24O2/c1-15-13-5-3-4-11(13)12-8-10-6-7-14(12,9-10)16-2/h10-13H,3-9H2,1-2H3. The van der Waals surface area contributed by atoms with Crippen LogP contribution in [0.5, 0.6) is 0 Å². The van der Waals surface area contributed by atoms with Gasteiger partial charge in [0.1, 0.15) is 0 Å². The highest BCUT2D eigenvalue weighted by Gasteiger charge is 2.56. The first kappa shape index (κ1) is 11.0. The number of ether oxygens (including phenoxy) is 2. The minimum atomic E-state index is 0.233. The molecule has 0 heterocycles. The van der Waals surface area contributed by atoms with Crippen molar-refractivity contribution in [2.75, 3.05) is 14.2 Å². The van der Waals surface area contributed by atoms with Gasteiger partial charge in [0.15, 0.2) is 0 Å². The van der Waals surface area contributed by atoms with Gasteiger partial charge in [0, 0.05) is 14.2 Å². The second-order valence-electron chi connectivity index (χ2n) is 6.09. The van der Waals surface area contributed by atoms with E-state index in [0.29, 0.717) is 6.10 Å². The van der Waals surface area contributed by atoms with Crippen LogP contribution in [0, 0.1) is 17.8 Å². The number of hydrogen-bond acceptors (Lipinski definition) is 2. The minimum absolute atomic E-state index is 0.233. The van der Waals surface area contributed by atoms with Crippen molar-refractivity contribution in [2.24, 2.45) is 17.8 Å². The normalized spacial score (nSPS) is 51.4. The van der Waals surface area contributed by atoms with Crippen molar-refractivity contribution in [3.63, 3.8) is 0 Å². The molecule has 2 heteroatoms. The first-order chi connectivity index (χ1) is 7.79. The van der Waals surface area contributed by atoms with Gasteiger partial charge in [-0.1, -0.05) is 6.42 Å². The fourth-order valence-electron chi connectivity index (χ4n) is 4.86. The van der Waals surface area contributed by atoms with Gasteiger partial charge >= 0.3 is 0 Å². The highest BCUT2D eigenvalue weighted by molar-refractivity contribution is 5.07. The molecule has 3 saturated carbocycles. The Kier molecular flexibility index (Phi) is 2.75. The lowest BCUT2D eigenvalue weighted by molar-refractivity contribution is -0.0809. The van der Waals surface area contributed by atoms with Crippen LogP contribution in [0.1, 0.15) is 44.9 Å². The molecular formula is C14H24O2. The van der Waals surface area contributed by atoms with Crippen molar-refractivity contribution in [1.82, 2.24) is 0 Å². The van der Waals surface area contributed by atoms with Crippen LogP contribution < -0.4 is 0 Å². The zero-order valence-electron chi connectivity index (χ0n) is 10.6. The first-order valence-corrected chi connectivity index (χ1v) is 6.87. The number of fused-ring (bicyclic) bond motifs is 2.